The number of pyridine rings is 1. The van der Waals surface area contributed by atoms with Gasteiger partial charge in [0.05, 0.1) is 5.69 Å². The molecule has 122 valence electrons. The molecule has 1 aromatic carbocycles. The molecule has 0 radical (unpaired) electrons. The highest BCUT2D eigenvalue weighted by molar-refractivity contribution is 5.93. The second-order valence-electron chi connectivity index (χ2n) is 6.25. The SMILES string of the molecule is Cn1ccc2cc(-c3[nH]c(=O)c(C(=O)O)c(O)c3C3CC3)ccc21. The average Bonchev–Trinajstić information content (AvgIpc) is 3.30. The molecule has 2 heterocycles. The largest absolute Gasteiger partial charge is 0.506 e. The molecule has 0 amide bonds. The van der Waals surface area contributed by atoms with Crippen LogP contribution in [0.25, 0.3) is 22.2 Å². The summed E-state index contributed by atoms with van der Waals surface area (Å²) in [5, 5.41) is 20.6. The van der Waals surface area contributed by atoms with Gasteiger partial charge in [-0.15, -0.1) is 0 Å². The smallest absolute Gasteiger partial charge is 0.345 e. The number of nitrogens with zero attached hydrogens (tertiary/aromatic N) is 1. The summed E-state index contributed by atoms with van der Waals surface area (Å²) in [5.41, 5.74) is 1.49. The summed E-state index contributed by atoms with van der Waals surface area (Å²) in [6, 6.07) is 7.73. The maximum Gasteiger partial charge on any atom is 0.345 e. The first-order valence-corrected chi connectivity index (χ1v) is 7.75. The van der Waals surface area contributed by atoms with Crippen molar-refractivity contribution in [3.8, 4) is 17.0 Å². The summed E-state index contributed by atoms with van der Waals surface area (Å²) >= 11 is 0. The lowest BCUT2D eigenvalue weighted by Gasteiger charge is -2.13. The van der Waals surface area contributed by atoms with Crippen molar-refractivity contribution in [2.24, 2.45) is 7.05 Å². The zero-order chi connectivity index (χ0) is 17.0. The molecule has 0 aliphatic heterocycles. The topological polar surface area (TPSA) is 95.3 Å². The minimum absolute atomic E-state index is 0.0846. The van der Waals surface area contributed by atoms with Crippen molar-refractivity contribution in [1.82, 2.24) is 9.55 Å². The van der Waals surface area contributed by atoms with Gasteiger partial charge < -0.3 is 19.8 Å². The molecule has 0 spiro atoms. The Morgan fingerprint density at radius 1 is 1.29 bits per heavy atom. The summed E-state index contributed by atoms with van der Waals surface area (Å²) in [4.78, 5) is 26.1. The minimum atomic E-state index is -1.42. The number of benzene rings is 1. The lowest BCUT2D eigenvalue weighted by Crippen LogP contribution is -2.20. The maximum absolute atomic E-state index is 12.1. The standard InChI is InChI=1S/C18H16N2O4/c1-20-7-6-10-8-11(4-5-12(10)20)15-13(9-2-3-9)16(21)14(18(23)24)17(22)19-15/h4-9H,2-3H2,1H3,(H,23,24)(H2,19,21,22). The predicted molar refractivity (Wildman–Crippen MR) is 89.6 cm³/mol. The molecular formula is C18H16N2O4. The van der Waals surface area contributed by atoms with Gasteiger partial charge in [-0.3, -0.25) is 4.79 Å². The Bertz CT molecular complexity index is 1040. The maximum atomic E-state index is 12.1. The zero-order valence-corrected chi connectivity index (χ0v) is 13.0. The molecule has 0 atom stereocenters. The first-order chi connectivity index (χ1) is 11.5. The molecule has 6 heteroatoms. The number of aryl methyl sites for hydroxylation is 1. The number of H-pyrrole nitrogens is 1. The zero-order valence-electron chi connectivity index (χ0n) is 13.0. The van der Waals surface area contributed by atoms with Crippen molar-refractivity contribution in [3.05, 3.63) is 51.9 Å². The highest BCUT2D eigenvalue weighted by Gasteiger charge is 2.33. The van der Waals surface area contributed by atoms with E-state index in [9.17, 15) is 19.8 Å². The van der Waals surface area contributed by atoms with E-state index in [1.165, 1.54) is 0 Å². The first kappa shape index (κ1) is 14.6. The molecule has 1 fully saturated rings. The highest BCUT2D eigenvalue weighted by Crippen LogP contribution is 2.48. The van der Waals surface area contributed by atoms with Gasteiger partial charge >= 0.3 is 5.97 Å². The van der Waals surface area contributed by atoms with Gasteiger partial charge in [-0.2, -0.15) is 0 Å². The van der Waals surface area contributed by atoms with Crippen LogP contribution in [-0.4, -0.2) is 25.7 Å². The van der Waals surface area contributed by atoms with Crippen LogP contribution in [0.4, 0.5) is 0 Å². The van der Waals surface area contributed by atoms with Crippen LogP contribution in [0.3, 0.4) is 0 Å². The third-order valence-corrected chi connectivity index (χ3v) is 4.60. The van der Waals surface area contributed by atoms with Crippen LogP contribution < -0.4 is 5.56 Å². The number of nitrogens with one attached hydrogen (secondary N) is 1. The molecule has 0 saturated heterocycles. The summed E-state index contributed by atoms with van der Waals surface area (Å²) in [6.07, 6.45) is 3.70. The monoisotopic (exact) mass is 324 g/mol. The van der Waals surface area contributed by atoms with E-state index in [2.05, 4.69) is 4.98 Å². The number of fused-ring (bicyclic) bond motifs is 1. The number of aromatic nitrogens is 2. The van der Waals surface area contributed by atoms with Gasteiger partial charge in [0.1, 0.15) is 5.75 Å². The van der Waals surface area contributed by atoms with E-state index in [1.807, 2.05) is 42.1 Å². The van der Waals surface area contributed by atoms with Crippen molar-refractivity contribution < 1.29 is 15.0 Å². The third-order valence-electron chi connectivity index (χ3n) is 4.60. The highest BCUT2D eigenvalue weighted by atomic mass is 16.4. The van der Waals surface area contributed by atoms with E-state index in [0.717, 1.165) is 29.3 Å². The molecule has 3 aromatic rings. The molecule has 0 unspecified atom stereocenters. The number of aromatic hydroxyl groups is 1. The minimum Gasteiger partial charge on any atom is -0.506 e. The van der Waals surface area contributed by atoms with Crippen LogP contribution in [0.2, 0.25) is 0 Å². The van der Waals surface area contributed by atoms with Gasteiger partial charge in [-0.25, -0.2) is 4.79 Å². The van der Waals surface area contributed by atoms with Crippen LogP contribution in [0, 0.1) is 0 Å². The second kappa shape index (κ2) is 4.99. The van der Waals surface area contributed by atoms with Crippen molar-refractivity contribution in [1.29, 1.82) is 0 Å². The van der Waals surface area contributed by atoms with E-state index in [1.54, 1.807) is 0 Å². The van der Waals surface area contributed by atoms with Crippen LogP contribution in [0.15, 0.2) is 35.3 Å². The molecular weight excluding hydrogens is 308 g/mol. The molecule has 4 rings (SSSR count). The van der Waals surface area contributed by atoms with E-state index >= 15 is 0 Å². The second-order valence-corrected chi connectivity index (χ2v) is 6.25. The number of carbonyl (C=O) groups is 1. The normalized spacial score (nSPS) is 14.2. The Hall–Kier alpha value is -3.02. The van der Waals surface area contributed by atoms with Crippen LogP contribution >= 0.6 is 0 Å². The number of rotatable bonds is 3. The molecule has 1 saturated carbocycles. The molecule has 6 nitrogen and oxygen atoms in total. The van der Waals surface area contributed by atoms with Gasteiger partial charge in [0, 0.05) is 29.7 Å². The Morgan fingerprint density at radius 2 is 2.04 bits per heavy atom. The first-order valence-electron chi connectivity index (χ1n) is 7.75. The number of carboxylic acid groups (broad SMARTS) is 1. The number of aromatic amines is 1. The van der Waals surface area contributed by atoms with Gasteiger partial charge in [-0.05, 0) is 42.5 Å². The lowest BCUT2D eigenvalue weighted by atomic mass is 9.98. The Balaban J connectivity index is 1.99. The molecule has 1 aliphatic carbocycles. The van der Waals surface area contributed by atoms with Crippen LogP contribution in [0.1, 0.15) is 34.7 Å². The molecule has 1 aliphatic rings. The van der Waals surface area contributed by atoms with Gasteiger partial charge in [0.15, 0.2) is 5.56 Å². The van der Waals surface area contributed by atoms with Gasteiger partial charge in [-0.1, -0.05) is 6.07 Å². The van der Waals surface area contributed by atoms with Gasteiger partial charge in [0.2, 0.25) is 0 Å². The summed E-state index contributed by atoms with van der Waals surface area (Å²) in [6.45, 7) is 0. The Morgan fingerprint density at radius 3 is 2.71 bits per heavy atom. The fourth-order valence-electron chi connectivity index (χ4n) is 3.24. The van der Waals surface area contributed by atoms with Crippen molar-refractivity contribution in [2.45, 2.75) is 18.8 Å². The predicted octanol–water partition coefficient (Wildman–Crippen LogP) is 2.81. The number of aromatic carboxylic acids is 1. The molecule has 3 N–H and O–H groups in total. The molecule has 0 bridgehead atoms. The average molecular weight is 324 g/mol. The van der Waals surface area contributed by atoms with E-state index in [0.29, 0.717) is 11.3 Å². The lowest BCUT2D eigenvalue weighted by molar-refractivity contribution is 0.0691. The Labute approximate surface area is 137 Å². The quantitative estimate of drug-likeness (QED) is 0.690. The van der Waals surface area contributed by atoms with E-state index in [-0.39, 0.29) is 5.92 Å². The number of hydrogen-bond donors (Lipinski definition) is 3. The van der Waals surface area contributed by atoms with Crippen LogP contribution in [0.5, 0.6) is 5.75 Å². The molecule has 2 aromatic heterocycles. The fraction of sp³-hybridized carbons (Fsp3) is 0.222. The van der Waals surface area contributed by atoms with E-state index in [4.69, 9.17) is 0 Å². The summed E-state index contributed by atoms with van der Waals surface area (Å²) < 4.78 is 1.99. The van der Waals surface area contributed by atoms with Crippen LogP contribution in [-0.2, 0) is 7.05 Å². The van der Waals surface area contributed by atoms with Crippen molar-refractivity contribution in [2.75, 3.05) is 0 Å². The number of hydrogen-bond acceptors (Lipinski definition) is 3. The van der Waals surface area contributed by atoms with Gasteiger partial charge in [0.25, 0.3) is 5.56 Å². The molecule has 24 heavy (non-hydrogen) atoms. The Kier molecular flexibility index (Phi) is 3.03. The van der Waals surface area contributed by atoms with Crippen molar-refractivity contribution >= 4 is 16.9 Å². The number of carboxylic acids is 1. The van der Waals surface area contributed by atoms with E-state index < -0.39 is 22.8 Å². The summed E-state index contributed by atoms with van der Waals surface area (Å²) in [7, 11) is 1.95. The van der Waals surface area contributed by atoms with Crippen molar-refractivity contribution in [3.63, 3.8) is 0 Å². The fourth-order valence-corrected chi connectivity index (χ4v) is 3.24. The third kappa shape index (κ3) is 2.11. The summed E-state index contributed by atoms with van der Waals surface area (Å²) in [5.74, 6) is -1.74.